The van der Waals surface area contributed by atoms with Crippen molar-refractivity contribution in [3.05, 3.63) is 48.0 Å². The molecular formula is C15H21FN4. The van der Waals surface area contributed by atoms with E-state index < -0.39 is 0 Å². The topological polar surface area (TPSA) is 47.1 Å². The lowest BCUT2D eigenvalue weighted by Crippen LogP contribution is -2.33. The van der Waals surface area contributed by atoms with Gasteiger partial charge in [0.1, 0.15) is 5.82 Å². The maximum atomic E-state index is 13.4. The SMILES string of the molecule is CCN(c1cccc(F)c1)C(CN)c1cnn(CC)c1. The summed E-state index contributed by atoms with van der Waals surface area (Å²) in [7, 11) is 0. The summed E-state index contributed by atoms with van der Waals surface area (Å²) in [6, 6.07) is 6.61. The molecular weight excluding hydrogens is 255 g/mol. The van der Waals surface area contributed by atoms with Crippen molar-refractivity contribution in [2.75, 3.05) is 18.0 Å². The molecule has 0 amide bonds. The van der Waals surface area contributed by atoms with E-state index in [-0.39, 0.29) is 11.9 Å². The van der Waals surface area contributed by atoms with Crippen molar-refractivity contribution in [1.29, 1.82) is 0 Å². The van der Waals surface area contributed by atoms with Crippen LogP contribution >= 0.6 is 0 Å². The third-order valence-corrected chi connectivity index (χ3v) is 3.44. The number of benzene rings is 1. The molecule has 1 unspecified atom stereocenters. The average Bonchev–Trinajstić information content (AvgIpc) is 2.93. The van der Waals surface area contributed by atoms with Gasteiger partial charge in [0.2, 0.25) is 0 Å². The summed E-state index contributed by atoms with van der Waals surface area (Å²) in [6.45, 7) is 6.11. The van der Waals surface area contributed by atoms with E-state index in [0.29, 0.717) is 6.54 Å². The summed E-state index contributed by atoms with van der Waals surface area (Å²) >= 11 is 0. The number of hydrogen-bond donors (Lipinski definition) is 1. The molecule has 0 spiro atoms. The van der Waals surface area contributed by atoms with Crippen molar-refractivity contribution in [2.45, 2.75) is 26.4 Å². The van der Waals surface area contributed by atoms with E-state index in [4.69, 9.17) is 5.73 Å². The highest BCUT2D eigenvalue weighted by Gasteiger charge is 2.20. The predicted molar refractivity (Wildman–Crippen MR) is 79.1 cm³/mol. The minimum Gasteiger partial charge on any atom is -0.363 e. The lowest BCUT2D eigenvalue weighted by molar-refractivity contribution is 0.614. The highest BCUT2D eigenvalue weighted by atomic mass is 19.1. The van der Waals surface area contributed by atoms with Crippen LogP contribution in [0.4, 0.5) is 10.1 Å². The molecule has 0 saturated heterocycles. The van der Waals surface area contributed by atoms with E-state index in [1.807, 2.05) is 37.0 Å². The van der Waals surface area contributed by atoms with Gasteiger partial charge < -0.3 is 10.6 Å². The van der Waals surface area contributed by atoms with Crippen molar-refractivity contribution in [3.8, 4) is 0 Å². The molecule has 0 aliphatic heterocycles. The third-order valence-electron chi connectivity index (χ3n) is 3.44. The van der Waals surface area contributed by atoms with Crippen molar-refractivity contribution in [3.63, 3.8) is 0 Å². The summed E-state index contributed by atoms with van der Waals surface area (Å²) in [5.41, 5.74) is 7.83. The Morgan fingerprint density at radius 2 is 2.20 bits per heavy atom. The van der Waals surface area contributed by atoms with Crippen LogP contribution < -0.4 is 10.6 Å². The van der Waals surface area contributed by atoms with Gasteiger partial charge in [-0.25, -0.2) is 4.39 Å². The van der Waals surface area contributed by atoms with Gasteiger partial charge in [-0.05, 0) is 32.0 Å². The van der Waals surface area contributed by atoms with Gasteiger partial charge in [0, 0.05) is 37.1 Å². The van der Waals surface area contributed by atoms with E-state index in [9.17, 15) is 4.39 Å². The highest BCUT2D eigenvalue weighted by molar-refractivity contribution is 5.49. The first-order chi connectivity index (χ1) is 9.69. The quantitative estimate of drug-likeness (QED) is 0.882. The largest absolute Gasteiger partial charge is 0.363 e. The summed E-state index contributed by atoms with van der Waals surface area (Å²) < 4.78 is 15.3. The van der Waals surface area contributed by atoms with Crippen LogP contribution in [-0.4, -0.2) is 22.9 Å². The Bertz CT molecular complexity index is 552. The second-order valence-electron chi connectivity index (χ2n) is 4.65. The van der Waals surface area contributed by atoms with Gasteiger partial charge in [-0.15, -0.1) is 0 Å². The van der Waals surface area contributed by atoms with Gasteiger partial charge in [-0.3, -0.25) is 4.68 Å². The highest BCUT2D eigenvalue weighted by Crippen LogP contribution is 2.26. The first-order valence-electron chi connectivity index (χ1n) is 6.94. The first-order valence-corrected chi connectivity index (χ1v) is 6.94. The van der Waals surface area contributed by atoms with Crippen molar-refractivity contribution >= 4 is 5.69 Å². The van der Waals surface area contributed by atoms with Crippen LogP contribution in [0.5, 0.6) is 0 Å². The smallest absolute Gasteiger partial charge is 0.125 e. The molecule has 1 atom stereocenters. The van der Waals surface area contributed by atoms with Crippen molar-refractivity contribution in [2.24, 2.45) is 5.73 Å². The number of nitrogens with two attached hydrogens (primary N) is 1. The molecule has 0 bridgehead atoms. The number of likely N-dealkylation sites (N-methyl/N-ethyl adjacent to an activating group) is 1. The third kappa shape index (κ3) is 2.99. The van der Waals surface area contributed by atoms with E-state index in [1.165, 1.54) is 12.1 Å². The zero-order chi connectivity index (χ0) is 14.5. The fraction of sp³-hybridized carbons (Fsp3) is 0.400. The predicted octanol–water partition coefficient (Wildman–Crippen LogP) is 2.57. The van der Waals surface area contributed by atoms with Crippen molar-refractivity contribution in [1.82, 2.24) is 9.78 Å². The minimum atomic E-state index is -0.235. The molecule has 1 aromatic carbocycles. The van der Waals surface area contributed by atoms with Gasteiger partial charge >= 0.3 is 0 Å². The van der Waals surface area contributed by atoms with Crippen LogP contribution in [-0.2, 0) is 6.54 Å². The number of rotatable bonds is 6. The Labute approximate surface area is 119 Å². The maximum absolute atomic E-state index is 13.4. The molecule has 2 N–H and O–H groups in total. The van der Waals surface area contributed by atoms with Crippen molar-refractivity contribution < 1.29 is 4.39 Å². The van der Waals surface area contributed by atoms with Gasteiger partial charge in [0.25, 0.3) is 0 Å². The molecule has 108 valence electrons. The zero-order valence-corrected chi connectivity index (χ0v) is 12.0. The van der Waals surface area contributed by atoms with E-state index >= 15 is 0 Å². The molecule has 1 aromatic heterocycles. The van der Waals surface area contributed by atoms with Crippen LogP contribution in [0.15, 0.2) is 36.7 Å². The lowest BCUT2D eigenvalue weighted by Gasteiger charge is -2.31. The number of aryl methyl sites for hydroxylation is 1. The van der Waals surface area contributed by atoms with Crippen LogP contribution in [0, 0.1) is 5.82 Å². The summed E-state index contributed by atoms with van der Waals surface area (Å²) in [5, 5.41) is 4.29. The van der Waals surface area contributed by atoms with Crippen LogP contribution in [0.2, 0.25) is 0 Å². The normalized spacial score (nSPS) is 12.4. The first kappa shape index (κ1) is 14.5. The van der Waals surface area contributed by atoms with E-state index in [2.05, 4.69) is 10.00 Å². The van der Waals surface area contributed by atoms with E-state index in [0.717, 1.165) is 24.3 Å². The number of aromatic nitrogens is 2. The molecule has 0 fully saturated rings. The van der Waals surface area contributed by atoms with Gasteiger partial charge in [0.05, 0.1) is 12.2 Å². The second-order valence-corrected chi connectivity index (χ2v) is 4.65. The Morgan fingerprint density at radius 3 is 2.75 bits per heavy atom. The molecule has 0 saturated carbocycles. The summed E-state index contributed by atoms with van der Waals surface area (Å²) in [5.74, 6) is -0.235. The zero-order valence-electron chi connectivity index (χ0n) is 12.0. The summed E-state index contributed by atoms with van der Waals surface area (Å²) in [6.07, 6.45) is 3.84. The Hall–Kier alpha value is -1.88. The van der Waals surface area contributed by atoms with Crippen LogP contribution in [0.1, 0.15) is 25.5 Å². The minimum absolute atomic E-state index is 0.00194. The maximum Gasteiger partial charge on any atom is 0.125 e. The van der Waals surface area contributed by atoms with Gasteiger partial charge in [0.15, 0.2) is 0 Å². The Balaban J connectivity index is 2.32. The van der Waals surface area contributed by atoms with Gasteiger partial charge in [-0.1, -0.05) is 6.07 Å². The molecule has 0 aliphatic carbocycles. The lowest BCUT2D eigenvalue weighted by atomic mass is 10.1. The standard InChI is InChI=1S/C15H21FN4/c1-3-19-11-12(10-18-19)15(9-17)20(4-2)14-7-5-6-13(16)8-14/h5-8,10-11,15H,3-4,9,17H2,1-2H3. The van der Waals surface area contributed by atoms with Gasteiger partial charge in [-0.2, -0.15) is 5.10 Å². The molecule has 1 heterocycles. The second kappa shape index (κ2) is 6.52. The van der Waals surface area contributed by atoms with Crippen LogP contribution in [0.3, 0.4) is 0 Å². The number of anilines is 1. The Morgan fingerprint density at radius 1 is 1.40 bits per heavy atom. The molecule has 4 nitrogen and oxygen atoms in total. The molecule has 0 aliphatic rings. The summed E-state index contributed by atoms with van der Waals surface area (Å²) in [4.78, 5) is 2.10. The monoisotopic (exact) mass is 276 g/mol. The molecule has 20 heavy (non-hydrogen) atoms. The Kier molecular flexibility index (Phi) is 4.74. The fourth-order valence-corrected chi connectivity index (χ4v) is 2.41. The fourth-order valence-electron chi connectivity index (χ4n) is 2.41. The number of halogens is 1. The molecule has 0 radical (unpaired) electrons. The molecule has 2 aromatic rings. The average molecular weight is 276 g/mol. The number of nitrogens with zero attached hydrogens (tertiary/aromatic N) is 3. The van der Waals surface area contributed by atoms with Crippen LogP contribution in [0.25, 0.3) is 0 Å². The van der Waals surface area contributed by atoms with E-state index in [1.54, 1.807) is 6.07 Å². The number of hydrogen-bond acceptors (Lipinski definition) is 3. The molecule has 2 rings (SSSR count). The molecule has 5 heteroatoms.